The minimum absolute atomic E-state index is 0.295. The van der Waals surface area contributed by atoms with Gasteiger partial charge in [0.2, 0.25) is 0 Å². The lowest BCUT2D eigenvalue weighted by Gasteiger charge is -2.33. The topological polar surface area (TPSA) is 32.7 Å². The number of ether oxygens (including phenoxy) is 1. The second-order valence-electron chi connectivity index (χ2n) is 5.69. The second-order valence-corrected chi connectivity index (χ2v) is 5.69. The molecule has 1 aromatic rings. The van der Waals surface area contributed by atoms with Crippen LogP contribution in [0.1, 0.15) is 43.9 Å². The zero-order chi connectivity index (χ0) is 13.8. The molecule has 0 amide bonds. The zero-order valence-corrected chi connectivity index (χ0v) is 12.2. The Morgan fingerprint density at radius 3 is 2.95 bits per heavy atom. The molecule has 1 unspecified atom stereocenters. The molecule has 1 aromatic carbocycles. The van der Waals surface area contributed by atoms with Crippen LogP contribution in [0.25, 0.3) is 0 Å². The van der Waals surface area contributed by atoms with E-state index in [0.717, 1.165) is 19.6 Å². The highest BCUT2D eigenvalue weighted by Gasteiger charge is 2.23. The maximum Gasteiger partial charge on any atom is 0.115 e. The quantitative estimate of drug-likeness (QED) is 0.886. The van der Waals surface area contributed by atoms with Crippen molar-refractivity contribution in [1.29, 1.82) is 0 Å². The van der Waals surface area contributed by atoms with Crippen molar-refractivity contribution in [3.63, 3.8) is 0 Å². The Hall–Kier alpha value is -1.06. The lowest BCUT2D eigenvalue weighted by molar-refractivity contribution is 0.0538. The van der Waals surface area contributed by atoms with E-state index in [1.54, 1.807) is 6.07 Å². The number of hydrogen-bond donors (Lipinski definition) is 1. The second kappa shape index (κ2) is 6.40. The van der Waals surface area contributed by atoms with E-state index in [9.17, 15) is 5.11 Å². The molecule has 0 fully saturated rings. The minimum Gasteiger partial charge on any atom is -0.508 e. The van der Waals surface area contributed by atoms with E-state index < -0.39 is 0 Å². The van der Waals surface area contributed by atoms with E-state index >= 15 is 0 Å². The van der Waals surface area contributed by atoms with Crippen LogP contribution in [-0.2, 0) is 11.2 Å². The predicted octanol–water partition coefficient (Wildman–Crippen LogP) is 3.13. The first kappa shape index (κ1) is 14.4. The molecule has 0 saturated carbocycles. The molecule has 1 aliphatic carbocycles. The van der Waals surface area contributed by atoms with Gasteiger partial charge in [0.1, 0.15) is 5.75 Å². The molecule has 1 N–H and O–H groups in total. The third-order valence-corrected chi connectivity index (χ3v) is 3.84. The van der Waals surface area contributed by atoms with Gasteiger partial charge < -0.3 is 9.84 Å². The van der Waals surface area contributed by atoms with Gasteiger partial charge in [-0.05, 0) is 63.4 Å². The number of rotatable bonds is 5. The Morgan fingerprint density at radius 1 is 1.42 bits per heavy atom. The van der Waals surface area contributed by atoms with E-state index in [1.165, 1.54) is 24.0 Å². The fourth-order valence-electron chi connectivity index (χ4n) is 2.82. The van der Waals surface area contributed by atoms with Crippen LogP contribution in [-0.4, -0.2) is 36.3 Å². The zero-order valence-electron chi connectivity index (χ0n) is 12.2. The molecule has 0 aliphatic heterocycles. The van der Waals surface area contributed by atoms with Gasteiger partial charge in [-0.2, -0.15) is 0 Å². The fourth-order valence-corrected chi connectivity index (χ4v) is 2.82. The third-order valence-electron chi connectivity index (χ3n) is 3.84. The summed E-state index contributed by atoms with van der Waals surface area (Å²) in [5.74, 6) is 0.380. The number of phenols is 1. The van der Waals surface area contributed by atoms with Crippen molar-refractivity contribution in [3.8, 4) is 5.75 Å². The summed E-state index contributed by atoms with van der Waals surface area (Å²) >= 11 is 0. The first-order valence-corrected chi connectivity index (χ1v) is 7.21. The summed E-state index contributed by atoms with van der Waals surface area (Å²) in [5, 5.41) is 9.58. The number of aryl methyl sites for hydroxylation is 1. The molecule has 0 radical (unpaired) electrons. The highest BCUT2D eigenvalue weighted by Crippen LogP contribution is 2.35. The van der Waals surface area contributed by atoms with Gasteiger partial charge in [-0.1, -0.05) is 6.07 Å². The molecule has 0 heterocycles. The summed E-state index contributed by atoms with van der Waals surface area (Å²) in [6.07, 6.45) is 3.76. The smallest absolute Gasteiger partial charge is 0.115 e. The molecule has 2 rings (SSSR count). The van der Waals surface area contributed by atoms with Gasteiger partial charge in [0.15, 0.2) is 0 Å². The highest BCUT2D eigenvalue weighted by atomic mass is 16.5. The molecule has 1 atom stereocenters. The van der Waals surface area contributed by atoms with Crippen molar-refractivity contribution in [2.75, 3.05) is 20.2 Å². The van der Waals surface area contributed by atoms with E-state index in [1.807, 2.05) is 6.07 Å². The van der Waals surface area contributed by atoms with Gasteiger partial charge in [-0.3, -0.25) is 4.90 Å². The molecule has 3 nitrogen and oxygen atoms in total. The molecule has 106 valence electrons. The van der Waals surface area contributed by atoms with Crippen LogP contribution in [0.4, 0.5) is 0 Å². The van der Waals surface area contributed by atoms with Crippen LogP contribution in [0.2, 0.25) is 0 Å². The molecule has 1 aliphatic rings. The van der Waals surface area contributed by atoms with Crippen molar-refractivity contribution in [2.24, 2.45) is 0 Å². The Balaban J connectivity index is 2.02. The standard InChI is InChI=1S/C16H25NO2/c1-12(2)19-10-9-17(3)16-6-4-5-13-11-14(18)7-8-15(13)16/h7-8,11-12,16,18H,4-6,9-10H2,1-3H3. The first-order valence-electron chi connectivity index (χ1n) is 7.21. The minimum atomic E-state index is 0.295. The molecule has 0 saturated heterocycles. The van der Waals surface area contributed by atoms with E-state index in [2.05, 4.69) is 31.9 Å². The number of fused-ring (bicyclic) bond motifs is 1. The Bertz CT molecular complexity index is 417. The summed E-state index contributed by atoms with van der Waals surface area (Å²) in [5.41, 5.74) is 2.67. The van der Waals surface area contributed by atoms with Crippen molar-refractivity contribution in [3.05, 3.63) is 29.3 Å². The number of aromatic hydroxyl groups is 1. The van der Waals surface area contributed by atoms with Gasteiger partial charge in [0.25, 0.3) is 0 Å². The normalized spacial score (nSPS) is 18.9. The van der Waals surface area contributed by atoms with Crippen molar-refractivity contribution < 1.29 is 9.84 Å². The fraction of sp³-hybridized carbons (Fsp3) is 0.625. The number of nitrogens with zero attached hydrogens (tertiary/aromatic N) is 1. The van der Waals surface area contributed by atoms with Gasteiger partial charge in [0.05, 0.1) is 12.7 Å². The highest BCUT2D eigenvalue weighted by molar-refractivity contribution is 5.38. The first-order chi connectivity index (χ1) is 9.08. The maximum atomic E-state index is 9.58. The summed E-state index contributed by atoms with van der Waals surface area (Å²) in [4.78, 5) is 2.37. The molecule has 0 spiro atoms. The van der Waals surface area contributed by atoms with Crippen LogP contribution < -0.4 is 0 Å². The summed E-state index contributed by atoms with van der Waals surface area (Å²) in [6.45, 7) is 5.86. The van der Waals surface area contributed by atoms with Crippen LogP contribution in [0.3, 0.4) is 0 Å². The van der Waals surface area contributed by atoms with Crippen LogP contribution in [0.15, 0.2) is 18.2 Å². The number of hydrogen-bond acceptors (Lipinski definition) is 3. The van der Waals surface area contributed by atoms with E-state index in [-0.39, 0.29) is 0 Å². The van der Waals surface area contributed by atoms with Crippen molar-refractivity contribution in [1.82, 2.24) is 4.90 Å². The number of phenolic OH excluding ortho intramolecular Hbond substituents is 1. The molecule has 3 heteroatoms. The van der Waals surface area contributed by atoms with E-state index in [0.29, 0.717) is 17.9 Å². The van der Waals surface area contributed by atoms with Crippen molar-refractivity contribution in [2.45, 2.75) is 45.3 Å². The largest absolute Gasteiger partial charge is 0.508 e. The summed E-state index contributed by atoms with van der Waals surface area (Å²) in [7, 11) is 2.16. The van der Waals surface area contributed by atoms with Gasteiger partial charge in [0, 0.05) is 12.6 Å². The monoisotopic (exact) mass is 263 g/mol. The summed E-state index contributed by atoms with van der Waals surface area (Å²) in [6, 6.07) is 6.25. The van der Waals surface area contributed by atoms with Gasteiger partial charge in [-0.25, -0.2) is 0 Å². The maximum absolute atomic E-state index is 9.58. The molecule has 19 heavy (non-hydrogen) atoms. The van der Waals surface area contributed by atoms with Crippen LogP contribution in [0.5, 0.6) is 5.75 Å². The predicted molar refractivity (Wildman–Crippen MR) is 77.5 cm³/mol. The SMILES string of the molecule is CC(C)OCCN(C)C1CCCc2cc(O)ccc21. The lowest BCUT2D eigenvalue weighted by Crippen LogP contribution is -2.31. The average Bonchev–Trinajstić information content (AvgIpc) is 2.37. The van der Waals surface area contributed by atoms with Crippen LogP contribution in [0, 0.1) is 0 Å². The number of likely N-dealkylation sites (N-methyl/N-ethyl adjacent to an activating group) is 1. The molecular weight excluding hydrogens is 238 g/mol. The molecule has 0 aromatic heterocycles. The Kier molecular flexibility index (Phi) is 4.83. The van der Waals surface area contributed by atoms with Gasteiger partial charge >= 0.3 is 0 Å². The molecule has 0 bridgehead atoms. The summed E-state index contributed by atoms with van der Waals surface area (Å²) < 4.78 is 5.63. The molecular formula is C16H25NO2. The Morgan fingerprint density at radius 2 is 2.21 bits per heavy atom. The lowest BCUT2D eigenvalue weighted by atomic mass is 9.87. The average molecular weight is 263 g/mol. The third kappa shape index (κ3) is 3.71. The Labute approximate surface area is 116 Å². The van der Waals surface area contributed by atoms with E-state index in [4.69, 9.17) is 4.74 Å². The van der Waals surface area contributed by atoms with Crippen LogP contribution >= 0.6 is 0 Å². The number of benzene rings is 1. The van der Waals surface area contributed by atoms with Gasteiger partial charge in [-0.15, -0.1) is 0 Å². The van der Waals surface area contributed by atoms with Crippen molar-refractivity contribution >= 4 is 0 Å².